The smallest absolute Gasteiger partial charge is 0.192 e. The molecule has 5 heteroatoms. The molecule has 2 unspecified atom stereocenters. The summed E-state index contributed by atoms with van der Waals surface area (Å²) in [5, 5.41) is 7.46. The molecule has 1 fully saturated rings. The molecule has 0 bridgehead atoms. The van der Waals surface area contributed by atoms with E-state index in [1.54, 1.807) is 6.07 Å². The largest absolute Gasteiger partial charge is 0.351 e. The third-order valence-electron chi connectivity index (χ3n) is 5.01. The van der Waals surface area contributed by atoms with Gasteiger partial charge in [-0.1, -0.05) is 72.3 Å². The highest BCUT2D eigenvalue weighted by atomic mass is 35.5. The highest BCUT2D eigenvalue weighted by Gasteiger charge is 2.36. The van der Waals surface area contributed by atoms with Crippen molar-refractivity contribution >= 4 is 17.6 Å². The van der Waals surface area contributed by atoms with Gasteiger partial charge in [0.2, 0.25) is 0 Å². The van der Waals surface area contributed by atoms with Crippen molar-refractivity contribution in [2.24, 2.45) is 10.9 Å². The lowest BCUT2D eigenvalue weighted by Crippen LogP contribution is -2.35. The van der Waals surface area contributed by atoms with Gasteiger partial charge in [-0.3, -0.25) is 0 Å². The molecule has 1 aliphatic carbocycles. The molecular weight excluding hydrogens is 361 g/mol. The summed E-state index contributed by atoms with van der Waals surface area (Å²) in [6.45, 7) is 0.392. The van der Waals surface area contributed by atoms with Gasteiger partial charge in [0.15, 0.2) is 5.96 Å². The summed E-state index contributed by atoms with van der Waals surface area (Å²) < 4.78 is 13.2. The van der Waals surface area contributed by atoms with Crippen LogP contribution in [0.1, 0.15) is 23.6 Å². The lowest BCUT2D eigenvalue weighted by molar-refractivity contribution is 0.418. The first-order chi connectivity index (χ1) is 13.2. The number of hydrogen-bond donors (Lipinski definition) is 2. The van der Waals surface area contributed by atoms with E-state index in [0.717, 1.165) is 17.9 Å². The maximum atomic E-state index is 13.2. The van der Waals surface area contributed by atoms with Crippen molar-refractivity contribution in [1.82, 2.24) is 10.6 Å². The van der Waals surface area contributed by atoms with Gasteiger partial charge in [0.1, 0.15) is 5.82 Å². The molecule has 4 rings (SSSR count). The second kappa shape index (κ2) is 7.97. The minimum atomic E-state index is -0.338. The van der Waals surface area contributed by atoms with Gasteiger partial charge < -0.3 is 10.6 Å². The summed E-state index contributed by atoms with van der Waals surface area (Å²) in [4.78, 5) is 4.65. The number of allylic oxidation sites excluding steroid dienone is 3. The number of hydrogen-bond acceptors (Lipinski definition) is 1. The van der Waals surface area contributed by atoms with Gasteiger partial charge >= 0.3 is 0 Å². The van der Waals surface area contributed by atoms with Crippen molar-refractivity contribution in [2.45, 2.75) is 25.0 Å². The van der Waals surface area contributed by atoms with Crippen LogP contribution < -0.4 is 10.6 Å². The van der Waals surface area contributed by atoms with Crippen molar-refractivity contribution in [3.8, 4) is 0 Å². The predicted molar refractivity (Wildman–Crippen MR) is 108 cm³/mol. The van der Waals surface area contributed by atoms with Gasteiger partial charge in [0, 0.05) is 10.9 Å². The molecule has 0 spiro atoms. The van der Waals surface area contributed by atoms with Crippen LogP contribution in [-0.2, 0) is 6.54 Å². The summed E-state index contributed by atoms with van der Waals surface area (Å²) in [5.41, 5.74) is 2.03. The predicted octanol–water partition coefficient (Wildman–Crippen LogP) is 4.77. The van der Waals surface area contributed by atoms with Gasteiger partial charge in [-0.15, -0.1) is 0 Å². The van der Waals surface area contributed by atoms with Crippen LogP contribution in [0, 0.1) is 11.7 Å². The Kier molecular flexibility index (Phi) is 5.26. The first-order valence-electron chi connectivity index (χ1n) is 9.10. The number of guanidine groups is 1. The van der Waals surface area contributed by atoms with Crippen LogP contribution in [0.2, 0.25) is 5.02 Å². The molecule has 2 aliphatic rings. The monoisotopic (exact) mass is 381 g/mol. The van der Waals surface area contributed by atoms with E-state index in [0.29, 0.717) is 17.5 Å². The van der Waals surface area contributed by atoms with E-state index in [1.807, 2.05) is 6.07 Å². The fourth-order valence-corrected chi connectivity index (χ4v) is 3.82. The lowest BCUT2D eigenvalue weighted by Gasteiger charge is -2.26. The summed E-state index contributed by atoms with van der Waals surface area (Å²) in [6, 6.07) is 15.1. The number of benzene rings is 2. The van der Waals surface area contributed by atoms with Crippen LogP contribution in [0.15, 0.2) is 77.8 Å². The van der Waals surface area contributed by atoms with Gasteiger partial charge in [-0.05, 0) is 29.7 Å². The maximum Gasteiger partial charge on any atom is 0.192 e. The Labute approximate surface area is 163 Å². The zero-order valence-corrected chi connectivity index (χ0v) is 15.5. The Morgan fingerprint density at radius 3 is 2.67 bits per heavy atom. The standard InChI is InChI=1S/C22H21ClFN3/c23-19-13-18(24)12-11-17(19)14-25-22-26-20(15-7-3-1-4-8-15)21(27-22)16-9-5-2-6-10-16/h1-9,11-13,16,20-21H,10,14H2,(H2,25,26,27)/t16?,20?,21-/m1/s1. The van der Waals surface area contributed by atoms with Crippen molar-refractivity contribution in [2.75, 3.05) is 0 Å². The molecule has 2 N–H and O–H groups in total. The SMILES string of the molecule is Fc1ccc(CN=C2NC(c3ccccc3)[C@@H](C3C=CC=CC3)N2)c(Cl)c1. The Hall–Kier alpha value is -2.59. The van der Waals surface area contributed by atoms with Gasteiger partial charge in [-0.25, -0.2) is 9.38 Å². The normalized spacial score (nSPS) is 25.4. The Morgan fingerprint density at radius 2 is 1.93 bits per heavy atom. The van der Waals surface area contributed by atoms with Crippen molar-refractivity contribution in [3.63, 3.8) is 0 Å². The Bertz CT molecular complexity index is 892. The first-order valence-corrected chi connectivity index (χ1v) is 9.48. The average Bonchev–Trinajstić information content (AvgIpc) is 3.13. The molecule has 2 aromatic rings. The quantitative estimate of drug-likeness (QED) is 0.800. The molecule has 2 aromatic carbocycles. The van der Waals surface area contributed by atoms with E-state index in [9.17, 15) is 4.39 Å². The second-order valence-electron chi connectivity index (χ2n) is 6.82. The lowest BCUT2D eigenvalue weighted by atomic mass is 9.86. The van der Waals surface area contributed by atoms with Gasteiger partial charge in [-0.2, -0.15) is 0 Å². The van der Waals surface area contributed by atoms with Crippen molar-refractivity contribution < 1.29 is 4.39 Å². The molecular formula is C22H21ClFN3. The summed E-state index contributed by atoms with van der Waals surface area (Å²) in [7, 11) is 0. The average molecular weight is 382 g/mol. The minimum absolute atomic E-state index is 0.134. The van der Waals surface area contributed by atoms with Crippen LogP contribution in [-0.4, -0.2) is 12.0 Å². The Morgan fingerprint density at radius 1 is 1.07 bits per heavy atom. The molecule has 3 nitrogen and oxygen atoms in total. The third kappa shape index (κ3) is 4.06. The van der Waals surface area contributed by atoms with E-state index in [4.69, 9.17) is 11.6 Å². The third-order valence-corrected chi connectivity index (χ3v) is 5.36. The molecule has 0 saturated carbocycles. The number of nitrogens with one attached hydrogen (secondary N) is 2. The number of aliphatic imine (C=N–C) groups is 1. The van der Waals surface area contributed by atoms with Crippen LogP contribution in [0.5, 0.6) is 0 Å². The van der Waals surface area contributed by atoms with E-state index in [1.165, 1.54) is 17.7 Å². The highest BCUT2D eigenvalue weighted by molar-refractivity contribution is 6.31. The molecule has 1 aliphatic heterocycles. The molecule has 0 aromatic heterocycles. The van der Waals surface area contributed by atoms with Gasteiger partial charge in [0.05, 0.1) is 18.6 Å². The van der Waals surface area contributed by atoms with Crippen LogP contribution in [0.25, 0.3) is 0 Å². The molecule has 1 saturated heterocycles. The van der Waals surface area contributed by atoms with E-state index >= 15 is 0 Å². The minimum Gasteiger partial charge on any atom is -0.351 e. The number of halogens is 2. The summed E-state index contributed by atoms with van der Waals surface area (Å²) in [6.07, 6.45) is 9.63. The molecule has 0 radical (unpaired) electrons. The van der Waals surface area contributed by atoms with Crippen LogP contribution in [0.3, 0.4) is 0 Å². The fourth-order valence-electron chi connectivity index (χ4n) is 3.60. The zero-order chi connectivity index (χ0) is 18.6. The van der Waals surface area contributed by atoms with Crippen molar-refractivity contribution in [3.05, 3.63) is 94.8 Å². The van der Waals surface area contributed by atoms with E-state index in [2.05, 4.69) is 64.2 Å². The van der Waals surface area contributed by atoms with E-state index in [-0.39, 0.29) is 17.9 Å². The molecule has 1 heterocycles. The maximum absolute atomic E-state index is 13.2. The number of rotatable bonds is 4. The molecule has 0 amide bonds. The number of nitrogens with zero attached hydrogens (tertiary/aromatic N) is 1. The summed E-state index contributed by atoms with van der Waals surface area (Å²) in [5.74, 6) is 0.793. The van der Waals surface area contributed by atoms with E-state index < -0.39 is 0 Å². The topological polar surface area (TPSA) is 36.4 Å². The first kappa shape index (κ1) is 17.8. The Balaban J connectivity index is 1.56. The zero-order valence-electron chi connectivity index (χ0n) is 14.8. The molecule has 138 valence electrons. The second-order valence-corrected chi connectivity index (χ2v) is 7.22. The highest BCUT2D eigenvalue weighted by Crippen LogP contribution is 2.30. The molecule has 3 atom stereocenters. The fraction of sp³-hybridized carbons (Fsp3) is 0.227. The van der Waals surface area contributed by atoms with Crippen molar-refractivity contribution in [1.29, 1.82) is 0 Å². The molecule has 27 heavy (non-hydrogen) atoms. The van der Waals surface area contributed by atoms with Gasteiger partial charge in [0.25, 0.3) is 0 Å². The van der Waals surface area contributed by atoms with Crippen LogP contribution >= 0.6 is 11.6 Å². The summed E-state index contributed by atoms with van der Waals surface area (Å²) >= 11 is 6.12. The van der Waals surface area contributed by atoms with Crippen LogP contribution in [0.4, 0.5) is 4.39 Å².